The minimum absolute atomic E-state index is 0.119. The first-order valence-corrected chi connectivity index (χ1v) is 6.65. The molecule has 112 valence electrons. The van der Waals surface area contributed by atoms with Crippen molar-refractivity contribution in [1.82, 2.24) is 9.80 Å². The number of carboxylic acid groups (broad SMARTS) is 1. The van der Waals surface area contributed by atoms with Crippen molar-refractivity contribution in [2.24, 2.45) is 17.3 Å². The zero-order valence-corrected chi connectivity index (χ0v) is 12.0. The van der Waals surface area contributed by atoms with E-state index in [2.05, 4.69) is 4.74 Å². The van der Waals surface area contributed by atoms with Crippen molar-refractivity contribution in [3.05, 3.63) is 0 Å². The van der Waals surface area contributed by atoms with E-state index in [1.165, 1.54) is 12.0 Å². The van der Waals surface area contributed by atoms with E-state index in [1.807, 2.05) is 0 Å². The molecule has 7 heteroatoms. The third-order valence-electron chi connectivity index (χ3n) is 4.38. The quantitative estimate of drug-likeness (QED) is 0.785. The fourth-order valence-corrected chi connectivity index (χ4v) is 2.99. The molecule has 7 nitrogen and oxygen atoms in total. The lowest BCUT2D eigenvalue weighted by atomic mass is 10.1. The van der Waals surface area contributed by atoms with Gasteiger partial charge in [0.1, 0.15) is 0 Å². The Kier molecular flexibility index (Phi) is 3.62. The van der Waals surface area contributed by atoms with Crippen molar-refractivity contribution in [1.29, 1.82) is 0 Å². The van der Waals surface area contributed by atoms with E-state index in [0.29, 0.717) is 26.2 Å². The highest BCUT2D eigenvalue weighted by Crippen LogP contribution is 2.59. The zero-order valence-electron chi connectivity index (χ0n) is 12.0. The highest BCUT2D eigenvalue weighted by atomic mass is 16.5. The van der Waals surface area contributed by atoms with Crippen molar-refractivity contribution in [2.75, 3.05) is 33.3 Å². The van der Waals surface area contributed by atoms with Crippen LogP contribution in [0, 0.1) is 17.3 Å². The molecular formula is C13H20N2O5. The summed E-state index contributed by atoms with van der Waals surface area (Å²) < 4.78 is 4.63. The Morgan fingerprint density at radius 1 is 1.05 bits per heavy atom. The number of rotatable bonds is 2. The molecule has 0 radical (unpaired) electrons. The number of carboxylic acids is 1. The molecule has 2 unspecified atom stereocenters. The topological polar surface area (TPSA) is 87.2 Å². The van der Waals surface area contributed by atoms with Crippen LogP contribution in [0.3, 0.4) is 0 Å². The van der Waals surface area contributed by atoms with Gasteiger partial charge in [-0.05, 0) is 5.41 Å². The van der Waals surface area contributed by atoms with Crippen molar-refractivity contribution >= 4 is 18.0 Å². The molecule has 2 aliphatic rings. The largest absolute Gasteiger partial charge is 0.481 e. The van der Waals surface area contributed by atoms with Crippen LogP contribution < -0.4 is 0 Å². The first kappa shape index (κ1) is 14.6. The van der Waals surface area contributed by atoms with Crippen LogP contribution in [0.1, 0.15) is 13.8 Å². The van der Waals surface area contributed by atoms with E-state index in [-0.39, 0.29) is 5.91 Å². The van der Waals surface area contributed by atoms with Crippen LogP contribution >= 0.6 is 0 Å². The molecule has 2 amide bonds. The second kappa shape index (κ2) is 4.96. The molecule has 20 heavy (non-hydrogen) atoms. The molecule has 1 saturated heterocycles. The van der Waals surface area contributed by atoms with Crippen LogP contribution in [0.4, 0.5) is 4.79 Å². The Morgan fingerprint density at radius 2 is 1.55 bits per heavy atom. The maximum Gasteiger partial charge on any atom is 0.409 e. The van der Waals surface area contributed by atoms with Crippen LogP contribution in [0.15, 0.2) is 0 Å². The van der Waals surface area contributed by atoms with Crippen LogP contribution in [0.5, 0.6) is 0 Å². The summed E-state index contributed by atoms with van der Waals surface area (Å²) in [5.41, 5.74) is -0.484. The summed E-state index contributed by atoms with van der Waals surface area (Å²) >= 11 is 0. The number of carbonyl (C=O) groups excluding carboxylic acids is 2. The monoisotopic (exact) mass is 284 g/mol. The SMILES string of the molecule is COC(=O)N1CCN(C(=O)C2C(C(=O)O)C2(C)C)CC1. The lowest BCUT2D eigenvalue weighted by Crippen LogP contribution is -2.51. The lowest BCUT2D eigenvalue weighted by Gasteiger charge is -2.34. The van der Waals surface area contributed by atoms with E-state index in [0.717, 1.165) is 0 Å². The van der Waals surface area contributed by atoms with Gasteiger partial charge in [0.25, 0.3) is 0 Å². The van der Waals surface area contributed by atoms with Crippen LogP contribution in [0.25, 0.3) is 0 Å². The summed E-state index contributed by atoms with van der Waals surface area (Å²) in [5.74, 6) is -2.09. The van der Waals surface area contributed by atoms with Gasteiger partial charge in [0.05, 0.1) is 18.9 Å². The fourth-order valence-electron chi connectivity index (χ4n) is 2.99. The first-order valence-electron chi connectivity index (χ1n) is 6.65. The zero-order chi connectivity index (χ0) is 15.1. The van der Waals surface area contributed by atoms with E-state index < -0.39 is 29.3 Å². The van der Waals surface area contributed by atoms with Gasteiger partial charge in [-0.1, -0.05) is 13.8 Å². The Hall–Kier alpha value is -1.79. The Labute approximate surface area is 117 Å². The second-order valence-electron chi connectivity index (χ2n) is 5.90. The Morgan fingerprint density at radius 3 is 1.95 bits per heavy atom. The fraction of sp³-hybridized carbons (Fsp3) is 0.769. The molecular weight excluding hydrogens is 264 g/mol. The van der Waals surface area contributed by atoms with Crippen LogP contribution in [-0.4, -0.2) is 66.2 Å². The predicted octanol–water partition coefficient (Wildman–Crippen LogP) is 0.254. The highest BCUT2D eigenvalue weighted by molar-refractivity contribution is 5.91. The summed E-state index contributed by atoms with van der Waals surface area (Å²) in [7, 11) is 1.32. The highest BCUT2D eigenvalue weighted by Gasteiger charge is 2.66. The van der Waals surface area contributed by atoms with Gasteiger partial charge in [-0.15, -0.1) is 0 Å². The van der Waals surface area contributed by atoms with Gasteiger partial charge < -0.3 is 19.6 Å². The summed E-state index contributed by atoms with van der Waals surface area (Å²) in [6.07, 6.45) is -0.396. The van der Waals surface area contributed by atoms with Gasteiger partial charge in [0.2, 0.25) is 5.91 Å². The number of methoxy groups -OCH3 is 1. The molecule has 1 aliphatic carbocycles. The molecule has 0 spiro atoms. The molecule has 1 N–H and O–H groups in total. The number of piperazine rings is 1. The maximum atomic E-state index is 12.4. The second-order valence-corrected chi connectivity index (χ2v) is 5.90. The molecule has 0 aromatic heterocycles. The molecule has 0 aromatic rings. The molecule has 1 heterocycles. The minimum atomic E-state index is -0.915. The summed E-state index contributed by atoms with van der Waals surface area (Å²) in [6, 6.07) is 0. The van der Waals surface area contributed by atoms with Crippen LogP contribution in [0.2, 0.25) is 0 Å². The molecule has 2 rings (SSSR count). The van der Waals surface area contributed by atoms with Gasteiger partial charge >= 0.3 is 12.1 Å². The third kappa shape index (κ3) is 2.32. The van der Waals surface area contributed by atoms with Crippen molar-refractivity contribution in [2.45, 2.75) is 13.8 Å². The minimum Gasteiger partial charge on any atom is -0.481 e. The number of hydrogen-bond donors (Lipinski definition) is 1. The Balaban J connectivity index is 1.93. The van der Waals surface area contributed by atoms with Crippen LogP contribution in [-0.2, 0) is 14.3 Å². The van der Waals surface area contributed by atoms with E-state index >= 15 is 0 Å². The maximum absolute atomic E-state index is 12.4. The van der Waals surface area contributed by atoms with Crippen molar-refractivity contribution in [3.63, 3.8) is 0 Å². The first-order chi connectivity index (χ1) is 9.30. The van der Waals surface area contributed by atoms with Crippen molar-refractivity contribution < 1.29 is 24.2 Å². The molecule has 0 bridgehead atoms. The lowest BCUT2D eigenvalue weighted by molar-refractivity contribution is -0.142. The number of hydrogen-bond acceptors (Lipinski definition) is 4. The average Bonchev–Trinajstić information content (AvgIpc) is 3.00. The number of amides is 2. The van der Waals surface area contributed by atoms with Gasteiger partial charge in [0, 0.05) is 26.2 Å². The number of ether oxygens (including phenoxy) is 1. The summed E-state index contributed by atoms with van der Waals surface area (Å²) in [4.78, 5) is 38.0. The normalized spacial score (nSPS) is 27.9. The molecule has 1 saturated carbocycles. The molecule has 2 fully saturated rings. The molecule has 0 aromatic carbocycles. The standard InChI is InChI=1S/C13H20N2O5/c1-13(2)8(9(13)11(17)18)10(16)14-4-6-15(7-5-14)12(19)20-3/h8-9H,4-7H2,1-3H3,(H,17,18). The third-order valence-corrected chi connectivity index (χ3v) is 4.38. The van der Waals surface area contributed by atoms with Gasteiger partial charge in [-0.3, -0.25) is 9.59 Å². The predicted molar refractivity (Wildman–Crippen MR) is 69.0 cm³/mol. The van der Waals surface area contributed by atoms with Gasteiger partial charge in [0.15, 0.2) is 0 Å². The number of aliphatic carboxylic acids is 1. The van der Waals surface area contributed by atoms with Gasteiger partial charge in [-0.2, -0.15) is 0 Å². The smallest absolute Gasteiger partial charge is 0.409 e. The summed E-state index contributed by atoms with van der Waals surface area (Å²) in [5, 5.41) is 9.11. The van der Waals surface area contributed by atoms with E-state index in [4.69, 9.17) is 5.11 Å². The number of carbonyl (C=O) groups is 3. The van der Waals surface area contributed by atoms with Gasteiger partial charge in [-0.25, -0.2) is 4.79 Å². The molecule has 1 aliphatic heterocycles. The Bertz CT molecular complexity index is 440. The molecule has 2 atom stereocenters. The average molecular weight is 284 g/mol. The van der Waals surface area contributed by atoms with E-state index in [9.17, 15) is 14.4 Å². The van der Waals surface area contributed by atoms with E-state index in [1.54, 1.807) is 18.7 Å². The van der Waals surface area contributed by atoms with Crippen molar-refractivity contribution in [3.8, 4) is 0 Å². The number of nitrogens with zero attached hydrogens (tertiary/aromatic N) is 2. The summed E-state index contributed by atoms with van der Waals surface area (Å²) in [6.45, 7) is 5.30.